The fourth-order valence-corrected chi connectivity index (χ4v) is 2.36. The van der Waals surface area contributed by atoms with Gasteiger partial charge in [-0.3, -0.25) is 0 Å². The summed E-state index contributed by atoms with van der Waals surface area (Å²) >= 11 is 0. The van der Waals surface area contributed by atoms with Gasteiger partial charge in [0.25, 0.3) is 0 Å². The van der Waals surface area contributed by atoms with Gasteiger partial charge in [-0.1, -0.05) is 6.42 Å². The highest BCUT2D eigenvalue weighted by atomic mass is 16.7. The molecule has 1 heterocycles. The Morgan fingerprint density at radius 2 is 1.71 bits per heavy atom. The number of aliphatic hydroxyl groups excluding tert-OH is 1. The Morgan fingerprint density at radius 1 is 1.07 bits per heavy atom. The van der Waals surface area contributed by atoms with E-state index < -0.39 is 0 Å². The van der Waals surface area contributed by atoms with Crippen molar-refractivity contribution in [2.45, 2.75) is 44.3 Å². The SMILES string of the molecule is OCCC1COC2(CCCCC2)OC1. The second kappa shape index (κ2) is 4.60. The Labute approximate surface area is 85.4 Å². The predicted molar refractivity (Wildman–Crippen MR) is 52.9 cm³/mol. The highest BCUT2D eigenvalue weighted by Crippen LogP contribution is 2.36. The molecule has 82 valence electrons. The maximum Gasteiger partial charge on any atom is 0.168 e. The molecule has 3 heteroatoms. The molecule has 0 radical (unpaired) electrons. The average molecular weight is 200 g/mol. The van der Waals surface area contributed by atoms with Crippen LogP contribution in [0.25, 0.3) is 0 Å². The van der Waals surface area contributed by atoms with Gasteiger partial charge in [0.1, 0.15) is 0 Å². The number of hydrogen-bond acceptors (Lipinski definition) is 3. The van der Waals surface area contributed by atoms with E-state index in [9.17, 15) is 0 Å². The number of hydrogen-bond donors (Lipinski definition) is 1. The van der Waals surface area contributed by atoms with Crippen LogP contribution in [0.4, 0.5) is 0 Å². The zero-order valence-corrected chi connectivity index (χ0v) is 8.71. The lowest BCUT2D eigenvalue weighted by Crippen LogP contribution is -2.45. The molecule has 2 fully saturated rings. The molecule has 2 aliphatic rings. The summed E-state index contributed by atoms with van der Waals surface area (Å²) in [6.07, 6.45) is 6.68. The van der Waals surface area contributed by atoms with Crippen molar-refractivity contribution in [2.24, 2.45) is 5.92 Å². The zero-order valence-electron chi connectivity index (χ0n) is 8.71. The van der Waals surface area contributed by atoms with Crippen LogP contribution in [0.2, 0.25) is 0 Å². The number of rotatable bonds is 2. The minimum absolute atomic E-state index is 0.240. The van der Waals surface area contributed by atoms with Crippen molar-refractivity contribution in [2.75, 3.05) is 19.8 Å². The Balaban J connectivity index is 1.81. The molecule has 1 saturated heterocycles. The van der Waals surface area contributed by atoms with Crippen molar-refractivity contribution in [1.29, 1.82) is 0 Å². The van der Waals surface area contributed by atoms with Gasteiger partial charge < -0.3 is 14.6 Å². The third-order valence-electron chi connectivity index (χ3n) is 3.32. The monoisotopic (exact) mass is 200 g/mol. The van der Waals surface area contributed by atoms with Crippen LogP contribution in [0.1, 0.15) is 38.5 Å². The molecule has 0 unspecified atom stereocenters. The fraction of sp³-hybridized carbons (Fsp3) is 1.00. The third-order valence-corrected chi connectivity index (χ3v) is 3.32. The fourth-order valence-electron chi connectivity index (χ4n) is 2.36. The molecular formula is C11H20O3. The van der Waals surface area contributed by atoms with Crippen LogP contribution in [0.5, 0.6) is 0 Å². The highest BCUT2D eigenvalue weighted by molar-refractivity contribution is 4.79. The van der Waals surface area contributed by atoms with Crippen LogP contribution in [0.15, 0.2) is 0 Å². The van der Waals surface area contributed by atoms with E-state index in [0.717, 1.165) is 32.5 Å². The summed E-state index contributed by atoms with van der Waals surface area (Å²) in [4.78, 5) is 0. The molecule has 3 nitrogen and oxygen atoms in total. The van der Waals surface area contributed by atoms with Gasteiger partial charge in [-0.05, 0) is 19.3 Å². The van der Waals surface area contributed by atoms with Crippen molar-refractivity contribution in [1.82, 2.24) is 0 Å². The van der Waals surface area contributed by atoms with Crippen LogP contribution in [0, 0.1) is 5.92 Å². The van der Waals surface area contributed by atoms with E-state index in [1.807, 2.05) is 0 Å². The lowest BCUT2D eigenvalue weighted by molar-refractivity contribution is -0.296. The van der Waals surface area contributed by atoms with E-state index >= 15 is 0 Å². The van der Waals surface area contributed by atoms with E-state index in [1.54, 1.807) is 0 Å². The van der Waals surface area contributed by atoms with Crippen molar-refractivity contribution >= 4 is 0 Å². The van der Waals surface area contributed by atoms with E-state index in [1.165, 1.54) is 19.3 Å². The average Bonchev–Trinajstić information content (AvgIpc) is 2.24. The minimum atomic E-state index is -0.246. The molecular weight excluding hydrogens is 180 g/mol. The molecule has 0 atom stereocenters. The summed E-state index contributed by atoms with van der Waals surface area (Å²) in [5, 5.41) is 8.81. The molecule has 1 aliphatic heterocycles. The molecule has 1 N–H and O–H groups in total. The zero-order chi connectivity index (χ0) is 9.86. The summed E-state index contributed by atoms with van der Waals surface area (Å²) < 4.78 is 11.7. The van der Waals surface area contributed by atoms with Crippen molar-refractivity contribution < 1.29 is 14.6 Å². The van der Waals surface area contributed by atoms with Gasteiger partial charge in [-0.25, -0.2) is 0 Å². The second-order valence-corrected chi connectivity index (χ2v) is 4.47. The molecule has 2 rings (SSSR count). The van der Waals surface area contributed by atoms with Gasteiger partial charge >= 0.3 is 0 Å². The third kappa shape index (κ3) is 2.27. The van der Waals surface area contributed by atoms with Gasteiger partial charge in [-0.15, -0.1) is 0 Å². The molecule has 1 spiro atoms. The smallest absolute Gasteiger partial charge is 0.168 e. The summed E-state index contributed by atoms with van der Waals surface area (Å²) in [6.45, 7) is 1.77. The van der Waals surface area contributed by atoms with Crippen molar-refractivity contribution in [3.05, 3.63) is 0 Å². The molecule has 0 aromatic heterocycles. The quantitative estimate of drug-likeness (QED) is 0.737. The Bertz CT molecular complexity index is 165. The lowest BCUT2D eigenvalue weighted by Gasteiger charge is -2.42. The maximum atomic E-state index is 8.81. The van der Waals surface area contributed by atoms with Crippen LogP contribution >= 0.6 is 0 Å². The predicted octanol–water partition coefficient (Wildman–Crippen LogP) is 1.69. The van der Waals surface area contributed by atoms with E-state index in [2.05, 4.69) is 0 Å². The van der Waals surface area contributed by atoms with Crippen LogP contribution in [0.3, 0.4) is 0 Å². The van der Waals surface area contributed by atoms with Gasteiger partial charge in [-0.2, -0.15) is 0 Å². The summed E-state index contributed by atoms with van der Waals surface area (Å²) in [7, 11) is 0. The lowest BCUT2D eigenvalue weighted by atomic mass is 9.92. The molecule has 1 saturated carbocycles. The van der Waals surface area contributed by atoms with Gasteiger partial charge in [0, 0.05) is 25.4 Å². The molecule has 0 amide bonds. The first-order valence-electron chi connectivity index (χ1n) is 5.73. The first-order chi connectivity index (χ1) is 6.85. The molecule has 14 heavy (non-hydrogen) atoms. The van der Waals surface area contributed by atoms with E-state index in [4.69, 9.17) is 14.6 Å². The largest absolute Gasteiger partial charge is 0.396 e. The summed E-state index contributed by atoms with van der Waals surface area (Å²) in [5.41, 5.74) is 0. The summed E-state index contributed by atoms with van der Waals surface area (Å²) in [6, 6.07) is 0. The minimum Gasteiger partial charge on any atom is -0.396 e. The van der Waals surface area contributed by atoms with Crippen molar-refractivity contribution in [3.8, 4) is 0 Å². The van der Waals surface area contributed by atoms with E-state index in [0.29, 0.717) is 5.92 Å². The van der Waals surface area contributed by atoms with Crippen LogP contribution in [-0.2, 0) is 9.47 Å². The van der Waals surface area contributed by atoms with E-state index in [-0.39, 0.29) is 12.4 Å². The molecule has 0 bridgehead atoms. The Kier molecular flexibility index (Phi) is 3.42. The van der Waals surface area contributed by atoms with Gasteiger partial charge in [0.2, 0.25) is 0 Å². The van der Waals surface area contributed by atoms with Crippen molar-refractivity contribution in [3.63, 3.8) is 0 Å². The molecule has 0 aromatic rings. The Morgan fingerprint density at radius 3 is 2.29 bits per heavy atom. The van der Waals surface area contributed by atoms with Gasteiger partial charge in [0.15, 0.2) is 5.79 Å². The van der Waals surface area contributed by atoms with Crippen LogP contribution < -0.4 is 0 Å². The normalized spacial score (nSPS) is 28.1. The maximum absolute atomic E-state index is 8.81. The Hall–Kier alpha value is -0.120. The standard InChI is InChI=1S/C11H20O3/c12-7-4-10-8-13-11(14-9-10)5-2-1-3-6-11/h10,12H,1-9H2. The first kappa shape index (κ1) is 10.4. The summed E-state index contributed by atoms with van der Waals surface area (Å²) in [5.74, 6) is 0.150. The van der Waals surface area contributed by atoms with Crippen LogP contribution in [-0.4, -0.2) is 30.7 Å². The number of ether oxygens (including phenoxy) is 2. The first-order valence-corrected chi connectivity index (χ1v) is 5.73. The molecule has 0 aromatic carbocycles. The highest BCUT2D eigenvalue weighted by Gasteiger charge is 2.38. The topological polar surface area (TPSA) is 38.7 Å². The number of aliphatic hydroxyl groups is 1. The molecule has 1 aliphatic carbocycles. The van der Waals surface area contributed by atoms with Gasteiger partial charge in [0.05, 0.1) is 13.2 Å². The second-order valence-electron chi connectivity index (χ2n) is 4.47.